The Morgan fingerprint density at radius 3 is 2.59 bits per heavy atom. The maximum absolute atomic E-state index is 12.2. The van der Waals surface area contributed by atoms with E-state index in [-0.39, 0.29) is 35.4 Å². The molecule has 3 fully saturated rings. The van der Waals surface area contributed by atoms with Gasteiger partial charge in [0.25, 0.3) is 0 Å². The number of ether oxygens (including phenoxy) is 1. The van der Waals surface area contributed by atoms with Crippen molar-refractivity contribution in [2.45, 2.75) is 78.2 Å². The summed E-state index contributed by atoms with van der Waals surface area (Å²) in [4.78, 5) is 23.6. The third-order valence-corrected chi connectivity index (χ3v) is 8.89. The zero-order valence-electron chi connectivity index (χ0n) is 17.0. The number of hydrogen-bond acceptors (Lipinski definition) is 4. The molecule has 0 amide bonds. The van der Waals surface area contributed by atoms with Crippen molar-refractivity contribution in [1.82, 2.24) is 0 Å². The monoisotopic (exact) mass is 374 g/mol. The average molecular weight is 375 g/mol. The first-order valence-electron chi connectivity index (χ1n) is 10.8. The number of carbonyl (C=O) groups is 2. The zero-order valence-corrected chi connectivity index (χ0v) is 17.0. The van der Waals surface area contributed by atoms with Gasteiger partial charge >= 0.3 is 5.97 Å². The van der Waals surface area contributed by atoms with Crippen molar-refractivity contribution in [1.29, 1.82) is 0 Å². The molecule has 0 spiro atoms. The number of Topliss-reactive ketones (excluding diaryl/α,β-unsaturated/α-hetero) is 1. The number of aliphatic hydroxyl groups excluding tert-OH is 1. The van der Waals surface area contributed by atoms with E-state index in [1.165, 1.54) is 12.5 Å². The molecule has 4 aliphatic carbocycles. The minimum Gasteiger partial charge on any atom is -0.462 e. The van der Waals surface area contributed by atoms with Crippen LogP contribution in [0, 0.1) is 34.5 Å². The quantitative estimate of drug-likeness (QED) is 0.598. The molecule has 4 aliphatic rings. The summed E-state index contributed by atoms with van der Waals surface area (Å²) in [5.74, 6) is 2.06. The summed E-state index contributed by atoms with van der Waals surface area (Å²) in [7, 11) is 0. The first kappa shape index (κ1) is 19.2. The fourth-order valence-electron chi connectivity index (χ4n) is 7.72. The minimum absolute atomic E-state index is 0.0348. The highest BCUT2D eigenvalue weighted by Crippen LogP contribution is 2.66. The maximum atomic E-state index is 12.2. The highest BCUT2D eigenvalue weighted by molar-refractivity contribution is 5.79. The van der Waals surface area contributed by atoms with Crippen LogP contribution in [-0.4, -0.2) is 29.6 Å². The van der Waals surface area contributed by atoms with E-state index in [4.69, 9.17) is 4.74 Å². The molecule has 0 radical (unpaired) electrons. The lowest BCUT2D eigenvalue weighted by atomic mass is 9.47. The summed E-state index contributed by atoms with van der Waals surface area (Å²) in [5.41, 5.74) is 1.34. The van der Waals surface area contributed by atoms with Crippen LogP contribution >= 0.6 is 0 Å². The molecule has 0 bridgehead atoms. The van der Waals surface area contributed by atoms with Crippen molar-refractivity contribution in [2.75, 3.05) is 6.61 Å². The number of carbonyl (C=O) groups excluding carboxylic acids is 2. The molecular weight excluding hydrogens is 340 g/mol. The molecule has 0 saturated heterocycles. The number of allylic oxidation sites excluding steroid dienone is 1. The van der Waals surface area contributed by atoms with Gasteiger partial charge in [-0.05, 0) is 75.0 Å². The first-order valence-corrected chi connectivity index (χ1v) is 10.8. The summed E-state index contributed by atoms with van der Waals surface area (Å²) in [5, 5.41) is 10.5. The number of esters is 1. The Bertz CT molecular complexity index is 667. The van der Waals surface area contributed by atoms with Crippen molar-refractivity contribution in [3.8, 4) is 0 Å². The topological polar surface area (TPSA) is 63.6 Å². The van der Waals surface area contributed by atoms with Crippen LogP contribution < -0.4 is 0 Å². The highest BCUT2D eigenvalue weighted by Gasteiger charge is 2.60. The lowest BCUT2D eigenvalue weighted by Crippen LogP contribution is -2.53. The number of rotatable bonds is 3. The number of hydrogen-bond donors (Lipinski definition) is 1. The number of ketones is 1. The smallest absolute Gasteiger partial charge is 0.302 e. The van der Waals surface area contributed by atoms with Gasteiger partial charge in [-0.1, -0.05) is 18.6 Å². The van der Waals surface area contributed by atoms with Gasteiger partial charge in [-0.15, -0.1) is 0 Å². The molecule has 0 aromatic carbocycles. The molecule has 4 rings (SSSR count). The Hall–Kier alpha value is -1.16. The van der Waals surface area contributed by atoms with Crippen LogP contribution in [0.4, 0.5) is 0 Å². The molecule has 3 saturated carbocycles. The van der Waals surface area contributed by atoms with E-state index < -0.39 is 0 Å². The van der Waals surface area contributed by atoms with Crippen LogP contribution in [0.1, 0.15) is 72.1 Å². The van der Waals surface area contributed by atoms with Gasteiger partial charge in [-0.3, -0.25) is 9.59 Å². The van der Waals surface area contributed by atoms with Crippen LogP contribution in [0.15, 0.2) is 11.6 Å². The van der Waals surface area contributed by atoms with Crippen molar-refractivity contribution >= 4 is 11.8 Å². The first-order chi connectivity index (χ1) is 12.8. The van der Waals surface area contributed by atoms with E-state index in [9.17, 15) is 14.7 Å². The summed E-state index contributed by atoms with van der Waals surface area (Å²) in [6.45, 7) is 5.81. The Labute approximate surface area is 162 Å². The molecule has 4 nitrogen and oxygen atoms in total. The lowest BCUT2D eigenvalue weighted by Gasteiger charge is -2.58. The van der Waals surface area contributed by atoms with Gasteiger partial charge in [-0.25, -0.2) is 0 Å². The van der Waals surface area contributed by atoms with E-state index in [0.29, 0.717) is 23.5 Å². The van der Waals surface area contributed by atoms with Gasteiger partial charge < -0.3 is 9.84 Å². The molecule has 7 atom stereocenters. The molecule has 0 unspecified atom stereocenters. The van der Waals surface area contributed by atoms with Crippen molar-refractivity contribution < 1.29 is 19.4 Å². The maximum Gasteiger partial charge on any atom is 0.302 e. The molecular formula is C23H34O4. The Balaban J connectivity index is 1.62. The molecule has 150 valence electrons. The fraction of sp³-hybridized carbons (Fsp3) is 0.826. The Morgan fingerprint density at radius 1 is 1.15 bits per heavy atom. The SMILES string of the molecule is CC(=O)O[C@H]1CC[C@@]2(CO)C(=CC[C@@H]3[C@@H]2CC[C@]2(C)[C@@H](C(C)=O)CC[C@@H]32)C1. The van der Waals surface area contributed by atoms with Gasteiger partial charge in [0, 0.05) is 24.7 Å². The van der Waals surface area contributed by atoms with Crippen LogP contribution in [0.5, 0.6) is 0 Å². The van der Waals surface area contributed by atoms with Gasteiger partial charge in [0.05, 0.1) is 6.61 Å². The second-order valence-corrected chi connectivity index (χ2v) is 9.92. The van der Waals surface area contributed by atoms with Crippen LogP contribution in [0.3, 0.4) is 0 Å². The molecule has 0 aliphatic heterocycles. The largest absolute Gasteiger partial charge is 0.462 e. The fourth-order valence-corrected chi connectivity index (χ4v) is 7.72. The van der Waals surface area contributed by atoms with Crippen LogP contribution in [0.25, 0.3) is 0 Å². The second-order valence-electron chi connectivity index (χ2n) is 9.92. The van der Waals surface area contributed by atoms with Crippen molar-refractivity contribution in [3.63, 3.8) is 0 Å². The summed E-state index contributed by atoms with van der Waals surface area (Å²) >= 11 is 0. The zero-order chi connectivity index (χ0) is 19.4. The number of aliphatic hydroxyl groups is 1. The Kier molecular flexibility index (Phi) is 4.77. The second kappa shape index (κ2) is 6.72. The van der Waals surface area contributed by atoms with Crippen molar-refractivity contribution in [2.24, 2.45) is 34.5 Å². The molecule has 27 heavy (non-hydrogen) atoms. The third kappa shape index (κ3) is 2.82. The minimum atomic E-state index is -0.208. The van der Waals surface area contributed by atoms with E-state index in [1.807, 2.05) is 0 Å². The summed E-state index contributed by atoms with van der Waals surface area (Å²) < 4.78 is 5.49. The van der Waals surface area contributed by atoms with E-state index in [1.54, 1.807) is 6.92 Å². The van der Waals surface area contributed by atoms with Crippen LogP contribution in [0.2, 0.25) is 0 Å². The standard InChI is InChI=1S/C23H34O4/c1-14(25)19-6-7-20-18-5-4-16-12-17(27-15(2)26)8-11-23(16,13-24)21(18)9-10-22(19,20)3/h4,17-21,24H,5-13H2,1-3H3/t17-,18-,19+,20-,21-,22+,23+/m0/s1. The molecule has 4 heteroatoms. The Morgan fingerprint density at radius 2 is 1.93 bits per heavy atom. The molecule has 0 aromatic heterocycles. The van der Waals surface area contributed by atoms with Gasteiger partial charge in [0.15, 0.2) is 0 Å². The predicted octanol–water partition coefficient (Wildman–Crippen LogP) is 4.06. The van der Waals surface area contributed by atoms with E-state index >= 15 is 0 Å². The lowest BCUT2D eigenvalue weighted by molar-refractivity contribution is -0.150. The van der Waals surface area contributed by atoms with Gasteiger partial charge in [0.2, 0.25) is 0 Å². The van der Waals surface area contributed by atoms with Gasteiger partial charge in [-0.2, -0.15) is 0 Å². The van der Waals surface area contributed by atoms with E-state index in [0.717, 1.165) is 51.4 Å². The highest BCUT2D eigenvalue weighted by atomic mass is 16.5. The van der Waals surface area contributed by atoms with Crippen molar-refractivity contribution in [3.05, 3.63) is 11.6 Å². The van der Waals surface area contributed by atoms with Crippen LogP contribution in [-0.2, 0) is 14.3 Å². The predicted molar refractivity (Wildman–Crippen MR) is 103 cm³/mol. The molecule has 1 N–H and O–H groups in total. The number of fused-ring (bicyclic) bond motifs is 5. The molecule has 0 heterocycles. The summed E-state index contributed by atoms with van der Waals surface area (Å²) in [6.07, 6.45) is 10.3. The average Bonchev–Trinajstić information content (AvgIpc) is 2.98. The summed E-state index contributed by atoms with van der Waals surface area (Å²) in [6, 6.07) is 0. The third-order valence-electron chi connectivity index (χ3n) is 8.89. The van der Waals surface area contributed by atoms with Gasteiger partial charge in [0.1, 0.15) is 11.9 Å². The van der Waals surface area contributed by atoms with E-state index in [2.05, 4.69) is 13.0 Å². The normalized spacial score (nSPS) is 45.9. The molecule has 0 aromatic rings.